The summed E-state index contributed by atoms with van der Waals surface area (Å²) in [6.45, 7) is 0. The number of rotatable bonds is 3. The Morgan fingerprint density at radius 2 is 2.14 bits per heavy atom. The lowest BCUT2D eigenvalue weighted by Gasteiger charge is -2.08. The Morgan fingerprint density at radius 1 is 1.43 bits per heavy atom. The molecular formula is C10H11BrO3. The third-order valence-electron chi connectivity index (χ3n) is 1.79. The first-order valence-corrected chi connectivity index (χ1v) is 4.96. The Hall–Kier alpha value is -1.03. The van der Waals surface area contributed by atoms with Crippen LogP contribution in [0, 0.1) is 0 Å². The van der Waals surface area contributed by atoms with Crippen LogP contribution in [0.3, 0.4) is 0 Å². The van der Waals surface area contributed by atoms with Crippen molar-refractivity contribution in [3.8, 4) is 5.75 Å². The van der Waals surface area contributed by atoms with Gasteiger partial charge in [-0.15, -0.1) is 0 Å². The molecule has 76 valence electrons. The van der Waals surface area contributed by atoms with Gasteiger partial charge in [0.2, 0.25) is 0 Å². The van der Waals surface area contributed by atoms with E-state index in [4.69, 9.17) is 4.74 Å². The lowest BCUT2D eigenvalue weighted by atomic mass is 10.1. The average Bonchev–Trinajstić information content (AvgIpc) is 2.27. The first-order chi connectivity index (χ1) is 6.69. The molecule has 1 atom stereocenters. The number of methoxy groups -OCH3 is 2. The minimum absolute atomic E-state index is 0.321. The van der Waals surface area contributed by atoms with Crippen molar-refractivity contribution in [1.82, 2.24) is 0 Å². The van der Waals surface area contributed by atoms with Crippen LogP contribution in [0.5, 0.6) is 5.75 Å². The molecule has 1 aromatic rings. The molecule has 0 spiro atoms. The van der Waals surface area contributed by atoms with E-state index < -0.39 is 4.83 Å². The number of hydrogen-bond donors (Lipinski definition) is 0. The van der Waals surface area contributed by atoms with Gasteiger partial charge in [-0.2, -0.15) is 0 Å². The maximum Gasteiger partial charge on any atom is 0.324 e. The third kappa shape index (κ3) is 2.48. The van der Waals surface area contributed by atoms with Crippen LogP contribution in [0.15, 0.2) is 24.3 Å². The molecule has 0 aromatic heterocycles. The second-order valence-electron chi connectivity index (χ2n) is 2.66. The van der Waals surface area contributed by atoms with Crippen LogP contribution in [0.25, 0.3) is 0 Å². The second-order valence-corrected chi connectivity index (χ2v) is 3.58. The van der Waals surface area contributed by atoms with Crippen LogP contribution < -0.4 is 4.74 Å². The molecule has 0 N–H and O–H groups in total. The van der Waals surface area contributed by atoms with Crippen molar-refractivity contribution in [2.45, 2.75) is 4.83 Å². The molecule has 0 heterocycles. The Labute approximate surface area is 91.1 Å². The predicted molar refractivity (Wildman–Crippen MR) is 56.7 cm³/mol. The summed E-state index contributed by atoms with van der Waals surface area (Å²) in [4.78, 5) is 10.8. The minimum Gasteiger partial charge on any atom is -0.497 e. The number of carbonyl (C=O) groups is 1. The van der Waals surface area contributed by atoms with Crippen LogP contribution in [0.2, 0.25) is 0 Å². The summed E-state index contributed by atoms with van der Waals surface area (Å²) in [5, 5.41) is 0. The normalized spacial score (nSPS) is 11.9. The van der Waals surface area contributed by atoms with Gasteiger partial charge >= 0.3 is 5.97 Å². The molecule has 0 bridgehead atoms. The van der Waals surface area contributed by atoms with Gasteiger partial charge < -0.3 is 9.47 Å². The molecular weight excluding hydrogens is 248 g/mol. The SMILES string of the molecule is COC(=O)[C@H](Br)c1cccc(OC)c1. The third-order valence-corrected chi connectivity index (χ3v) is 2.70. The van der Waals surface area contributed by atoms with Crippen molar-refractivity contribution < 1.29 is 14.3 Å². The van der Waals surface area contributed by atoms with Crippen LogP contribution >= 0.6 is 15.9 Å². The monoisotopic (exact) mass is 258 g/mol. The maximum absolute atomic E-state index is 11.2. The summed E-state index contributed by atoms with van der Waals surface area (Å²) in [5.41, 5.74) is 0.816. The van der Waals surface area contributed by atoms with Gasteiger partial charge in [0, 0.05) is 0 Å². The van der Waals surface area contributed by atoms with Crippen LogP contribution in [0.4, 0.5) is 0 Å². The molecule has 0 unspecified atom stereocenters. The van der Waals surface area contributed by atoms with E-state index in [-0.39, 0.29) is 5.97 Å². The number of alkyl halides is 1. The number of ether oxygens (including phenoxy) is 2. The van der Waals surface area contributed by atoms with E-state index in [0.29, 0.717) is 0 Å². The fraction of sp³-hybridized carbons (Fsp3) is 0.300. The topological polar surface area (TPSA) is 35.5 Å². The molecule has 4 heteroatoms. The van der Waals surface area contributed by atoms with E-state index >= 15 is 0 Å². The highest BCUT2D eigenvalue weighted by Crippen LogP contribution is 2.26. The van der Waals surface area contributed by atoms with E-state index in [1.807, 2.05) is 18.2 Å². The lowest BCUT2D eigenvalue weighted by molar-refractivity contribution is -0.139. The molecule has 0 fully saturated rings. The molecule has 14 heavy (non-hydrogen) atoms. The zero-order valence-corrected chi connectivity index (χ0v) is 9.58. The van der Waals surface area contributed by atoms with Crippen molar-refractivity contribution >= 4 is 21.9 Å². The Kier molecular flexibility index (Phi) is 3.95. The van der Waals surface area contributed by atoms with Gasteiger partial charge in [-0.3, -0.25) is 4.79 Å². The van der Waals surface area contributed by atoms with Gasteiger partial charge in [0.05, 0.1) is 14.2 Å². The molecule has 1 rings (SSSR count). The lowest BCUT2D eigenvalue weighted by Crippen LogP contribution is -2.08. The fourth-order valence-electron chi connectivity index (χ4n) is 1.04. The molecule has 0 aliphatic rings. The molecule has 0 saturated carbocycles. The molecule has 0 saturated heterocycles. The van der Waals surface area contributed by atoms with E-state index in [1.165, 1.54) is 7.11 Å². The number of benzene rings is 1. The van der Waals surface area contributed by atoms with Crippen LogP contribution in [-0.4, -0.2) is 20.2 Å². The van der Waals surface area contributed by atoms with Gasteiger partial charge in [0.25, 0.3) is 0 Å². The first kappa shape index (κ1) is 11.0. The number of esters is 1. The Morgan fingerprint density at radius 3 is 2.71 bits per heavy atom. The van der Waals surface area contributed by atoms with E-state index in [2.05, 4.69) is 20.7 Å². The van der Waals surface area contributed by atoms with E-state index in [9.17, 15) is 4.79 Å². The summed E-state index contributed by atoms with van der Waals surface area (Å²) >= 11 is 3.24. The quantitative estimate of drug-likeness (QED) is 0.617. The summed E-state index contributed by atoms with van der Waals surface area (Å²) in [5.74, 6) is 0.397. The maximum atomic E-state index is 11.2. The van der Waals surface area contributed by atoms with Crippen molar-refractivity contribution in [2.24, 2.45) is 0 Å². The highest BCUT2D eigenvalue weighted by atomic mass is 79.9. The largest absolute Gasteiger partial charge is 0.497 e. The minimum atomic E-state index is -0.442. The molecule has 0 amide bonds. The van der Waals surface area contributed by atoms with Crippen molar-refractivity contribution in [3.63, 3.8) is 0 Å². The molecule has 0 aliphatic carbocycles. The van der Waals surface area contributed by atoms with Crippen molar-refractivity contribution in [3.05, 3.63) is 29.8 Å². The molecule has 0 radical (unpaired) electrons. The van der Waals surface area contributed by atoms with Gasteiger partial charge in [-0.1, -0.05) is 28.1 Å². The zero-order valence-electron chi connectivity index (χ0n) is 7.99. The van der Waals surface area contributed by atoms with Crippen molar-refractivity contribution in [2.75, 3.05) is 14.2 Å². The van der Waals surface area contributed by atoms with Gasteiger partial charge in [-0.05, 0) is 17.7 Å². The first-order valence-electron chi connectivity index (χ1n) is 4.05. The smallest absolute Gasteiger partial charge is 0.324 e. The average molecular weight is 259 g/mol. The zero-order chi connectivity index (χ0) is 10.6. The second kappa shape index (κ2) is 5.00. The van der Waals surface area contributed by atoms with Gasteiger partial charge in [-0.25, -0.2) is 0 Å². The number of carbonyl (C=O) groups excluding carboxylic acids is 1. The number of halogens is 1. The fourth-order valence-corrected chi connectivity index (χ4v) is 1.51. The summed E-state index contributed by atoms with van der Waals surface area (Å²) in [6.07, 6.45) is 0. The van der Waals surface area contributed by atoms with Crippen LogP contribution in [-0.2, 0) is 9.53 Å². The highest BCUT2D eigenvalue weighted by Gasteiger charge is 2.17. The Bertz CT molecular complexity index is 325. The molecule has 0 aliphatic heterocycles. The number of hydrogen-bond acceptors (Lipinski definition) is 3. The molecule has 3 nitrogen and oxygen atoms in total. The predicted octanol–water partition coefficient (Wildman–Crippen LogP) is 2.30. The van der Waals surface area contributed by atoms with Crippen molar-refractivity contribution in [1.29, 1.82) is 0 Å². The standard InChI is InChI=1S/C10H11BrO3/c1-13-8-5-3-4-7(6-8)9(11)10(12)14-2/h3-6,9H,1-2H3/t9-/m1/s1. The van der Waals surface area contributed by atoms with E-state index in [0.717, 1.165) is 11.3 Å². The highest BCUT2D eigenvalue weighted by molar-refractivity contribution is 9.09. The summed E-state index contributed by atoms with van der Waals surface area (Å²) < 4.78 is 9.66. The van der Waals surface area contributed by atoms with Gasteiger partial charge in [0.1, 0.15) is 10.6 Å². The summed E-state index contributed by atoms with van der Waals surface area (Å²) in [6, 6.07) is 7.26. The van der Waals surface area contributed by atoms with E-state index in [1.54, 1.807) is 13.2 Å². The Balaban J connectivity index is 2.89. The van der Waals surface area contributed by atoms with Gasteiger partial charge in [0.15, 0.2) is 0 Å². The summed E-state index contributed by atoms with van der Waals surface area (Å²) in [7, 11) is 2.94. The van der Waals surface area contributed by atoms with Crippen LogP contribution in [0.1, 0.15) is 10.4 Å². The molecule has 1 aromatic carbocycles.